The Morgan fingerprint density at radius 1 is 0.975 bits per heavy atom. The second kappa shape index (κ2) is 10.4. The molecule has 2 bridgehead atoms. The van der Waals surface area contributed by atoms with E-state index in [0.717, 1.165) is 12.1 Å². The fourth-order valence-electron chi connectivity index (χ4n) is 5.78. The average Bonchev–Trinajstić information content (AvgIpc) is 3.10. The van der Waals surface area contributed by atoms with Crippen LogP contribution >= 0.6 is 11.6 Å². The maximum atomic E-state index is 15.4. The van der Waals surface area contributed by atoms with E-state index in [0.29, 0.717) is 49.2 Å². The maximum Gasteiger partial charge on any atom is 0.430 e. The van der Waals surface area contributed by atoms with Crippen LogP contribution in [0, 0.1) is 5.82 Å². The van der Waals surface area contributed by atoms with Crippen molar-refractivity contribution in [1.29, 1.82) is 0 Å². The van der Waals surface area contributed by atoms with E-state index in [2.05, 4.69) is 0 Å². The minimum absolute atomic E-state index is 0.00563. The minimum Gasteiger partial charge on any atom is -0.369 e. The number of nitrogens with zero attached hydrogens (tertiary/aromatic N) is 2. The molecular formula is C26H28ClF7N2O3S. The Labute approximate surface area is 232 Å². The quantitative estimate of drug-likeness (QED) is 0.393. The molecule has 2 fully saturated rings. The summed E-state index contributed by atoms with van der Waals surface area (Å²) >= 11 is 6.15. The fraction of sp³-hybridized carbons (Fsp3) is 0.538. The summed E-state index contributed by atoms with van der Waals surface area (Å²) in [4.78, 5) is 1.98. The Morgan fingerprint density at radius 2 is 1.52 bits per heavy atom. The predicted octanol–water partition coefficient (Wildman–Crippen LogP) is 6.19. The number of sulfonamides is 1. The normalized spacial score (nSPS) is 21.4. The van der Waals surface area contributed by atoms with Crippen LogP contribution in [0.3, 0.4) is 0 Å². The number of alkyl halides is 6. The Kier molecular flexibility index (Phi) is 8.07. The van der Waals surface area contributed by atoms with Crippen molar-refractivity contribution in [3.8, 4) is 11.1 Å². The zero-order valence-electron chi connectivity index (χ0n) is 21.7. The first kappa shape index (κ1) is 31.0. The molecule has 2 aliphatic heterocycles. The summed E-state index contributed by atoms with van der Waals surface area (Å²) in [6.07, 6.45) is -9.55. The van der Waals surface area contributed by atoms with Gasteiger partial charge in [-0.15, -0.1) is 0 Å². The molecule has 2 aromatic rings. The smallest absolute Gasteiger partial charge is 0.369 e. The molecule has 2 atom stereocenters. The first-order valence-corrected chi connectivity index (χ1v) is 14.7. The fourth-order valence-corrected chi connectivity index (χ4v) is 7.49. The standard InChI is InChI=1S/C26H28ClF7N2O3S/c1-14(2)20-8-15(11-35-12-17-5-6-18(13-35)36(17)40(3,38)39)23(28)10-21(20)19-7-4-16(9-22(19)27)24(37,25(29,30)31)26(32,33)34/h4,7-10,14,17-18,37H,5-6,11-13H2,1-3H3. The van der Waals surface area contributed by atoms with Crippen LogP contribution in [-0.4, -0.2) is 66.5 Å². The largest absolute Gasteiger partial charge is 0.430 e. The number of rotatable bonds is 6. The second-order valence-corrected chi connectivity index (χ2v) is 13.1. The summed E-state index contributed by atoms with van der Waals surface area (Å²) < 4.78 is 121. The van der Waals surface area contributed by atoms with Crippen molar-refractivity contribution in [2.75, 3.05) is 19.3 Å². The number of aliphatic hydroxyl groups is 1. The molecular weight excluding hydrogens is 589 g/mol. The third-order valence-electron chi connectivity index (χ3n) is 7.61. The summed E-state index contributed by atoms with van der Waals surface area (Å²) in [5, 5.41) is 9.19. The second-order valence-electron chi connectivity index (χ2n) is 10.8. The molecule has 2 saturated heterocycles. The molecule has 0 aromatic heterocycles. The summed E-state index contributed by atoms with van der Waals surface area (Å²) in [6.45, 7) is 4.62. The highest BCUT2D eigenvalue weighted by molar-refractivity contribution is 7.88. The third-order valence-corrected chi connectivity index (χ3v) is 9.28. The van der Waals surface area contributed by atoms with Gasteiger partial charge in [-0.25, -0.2) is 12.8 Å². The first-order valence-electron chi connectivity index (χ1n) is 12.4. The average molecular weight is 617 g/mol. The van der Waals surface area contributed by atoms with E-state index < -0.39 is 44.4 Å². The van der Waals surface area contributed by atoms with Gasteiger partial charge in [0, 0.05) is 53.4 Å². The van der Waals surface area contributed by atoms with E-state index in [1.165, 1.54) is 10.6 Å². The topological polar surface area (TPSA) is 60.9 Å². The zero-order valence-corrected chi connectivity index (χ0v) is 23.3. The van der Waals surface area contributed by atoms with Gasteiger partial charge in [0.2, 0.25) is 10.0 Å². The molecule has 0 saturated carbocycles. The number of benzene rings is 2. The van der Waals surface area contributed by atoms with Crippen LogP contribution in [0.25, 0.3) is 11.1 Å². The molecule has 0 aliphatic carbocycles. The molecule has 2 unspecified atom stereocenters. The van der Waals surface area contributed by atoms with E-state index in [9.17, 15) is 39.9 Å². The predicted molar refractivity (Wildman–Crippen MR) is 136 cm³/mol. The van der Waals surface area contributed by atoms with Gasteiger partial charge in [-0.2, -0.15) is 30.6 Å². The van der Waals surface area contributed by atoms with E-state index in [1.807, 2.05) is 4.90 Å². The Morgan fingerprint density at radius 3 is 1.98 bits per heavy atom. The van der Waals surface area contributed by atoms with Gasteiger partial charge in [0.05, 0.1) is 6.26 Å². The van der Waals surface area contributed by atoms with Gasteiger partial charge in [0.1, 0.15) is 5.82 Å². The molecule has 1 N–H and O–H groups in total. The molecule has 4 rings (SSSR count). The van der Waals surface area contributed by atoms with Crippen LogP contribution in [0.1, 0.15) is 49.3 Å². The van der Waals surface area contributed by atoms with Gasteiger partial charge in [-0.05, 0) is 42.0 Å². The number of hydrogen-bond donors (Lipinski definition) is 1. The highest BCUT2D eigenvalue weighted by Gasteiger charge is 2.71. The highest BCUT2D eigenvalue weighted by Crippen LogP contribution is 2.51. The monoisotopic (exact) mass is 616 g/mol. The van der Waals surface area contributed by atoms with Gasteiger partial charge < -0.3 is 5.11 Å². The Balaban J connectivity index is 1.68. The SMILES string of the molecule is CC(C)c1cc(CN2CC3CCC(C2)N3S(C)(=O)=O)c(F)cc1-c1ccc(C(O)(C(F)(F)F)C(F)(F)F)cc1Cl. The van der Waals surface area contributed by atoms with Crippen molar-refractivity contribution in [3.63, 3.8) is 0 Å². The first-order chi connectivity index (χ1) is 18.3. The van der Waals surface area contributed by atoms with Crippen molar-refractivity contribution in [3.05, 3.63) is 57.9 Å². The van der Waals surface area contributed by atoms with E-state index >= 15 is 4.39 Å². The summed E-state index contributed by atoms with van der Waals surface area (Å²) in [5.74, 6) is -0.884. The van der Waals surface area contributed by atoms with Crippen LogP contribution in [0.15, 0.2) is 30.3 Å². The molecule has 2 aliphatic rings. The van der Waals surface area contributed by atoms with Gasteiger partial charge in [0.25, 0.3) is 5.60 Å². The molecule has 0 amide bonds. The molecule has 0 radical (unpaired) electrons. The lowest BCUT2D eigenvalue weighted by atomic mass is 9.87. The number of likely N-dealkylation sites (tertiary alicyclic amines) is 1. The number of hydrogen-bond acceptors (Lipinski definition) is 4. The maximum absolute atomic E-state index is 15.4. The molecule has 2 aromatic carbocycles. The lowest BCUT2D eigenvalue weighted by Gasteiger charge is -2.39. The van der Waals surface area contributed by atoms with Crippen molar-refractivity contribution in [1.82, 2.24) is 9.21 Å². The lowest BCUT2D eigenvalue weighted by Crippen LogP contribution is -2.55. The van der Waals surface area contributed by atoms with Gasteiger partial charge >= 0.3 is 12.4 Å². The molecule has 0 spiro atoms. The van der Waals surface area contributed by atoms with E-state index in [-0.39, 0.29) is 35.7 Å². The molecule has 40 heavy (non-hydrogen) atoms. The van der Waals surface area contributed by atoms with Crippen LogP contribution in [0.2, 0.25) is 5.02 Å². The van der Waals surface area contributed by atoms with Crippen LogP contribution in [-0.2, 0) is 22.2 Å². The van der Waals surface area contributed by atoms with Crippen LogP contribution in [0.4, 0.5) is 30.7 Å². The van der Waals surface area contributed by atoms with Crippen molar-refractivity contribution in [2.45, 2.75) is 69.2 Å². The molecule has 5 nitrogen and oxygen atoms in total. The van der Waals surface area contributed by atoms with Crippen LogP contribution in [0.5, 0.6) is 0 Å². The highest BCUT2D eigenvalue weighted by atomic mass is 35.5. The summed E-state index contributed by atoms with van der Waals surface area (Å²) in [7, 11) is -3.37. The van der Waals surface area contributed by atoms with E-state index in [1.54, 1.807) is 19.9 Å². The van der Waals surface area contributed by atoms with Crippen molar-refractivity contribution in [2.24, 2.45) is 0 Å². The zero-order chi connectivity index (χ0) is 30.0. The Bertz CT molecular complexity index is 1370. The molecule has 14 heteroatoms. The molecule has 2 heterocycles. The third kappa shape index (κ3) is 5.47. The van der Waals surface area contributed by atoms with Gasteiger partial charge in [-0.1, -0.05) is 43.6 Å². The van der Waals surface area contributed by atoms with Gasteiger partial charge in [0.15, 0.2) is 0 Å². The summed E-state index contributed by atoms with van der Waals surface area (Å²) in [6, 6.07) is 4.11. The lowest BCUT2D eigenvalue weighted by molar-refractivity contribution is -0.376. The van der Waals surface area contributed by atoms with Crippen molar-refractivity contribution >= 4 is 21.6 Å². The van der Waals surface area contributed by atoms with Gasteiger partial charge in [-0.3, -0.25) is 4.90 Å². The summed E-state index contributed by atoms with van der Waals surface area (Å²) in [5.41, 5.74) is -5.57. The Hall–Kier alpha value is -1.93. The van der Waals surface area contributed by atoms with Crippen LogP contribution < -0.4 is 0 Å². The number of halogens is 8. The van der Waals surface area contributed by atoms with Crippen molar-refractivity contribution < 1.29 is 44.3 Å². The number of fused-ring (bicyclic) bond motifs is 2. The molecule has 222 valence electrons. The van der Waals surface area contributed by atoms with E-state index in [4.69, 9.17) is 11.6 Å². The number of piperazine rings is 1. The minimum atomic E-state index is -6.07.